The third-order valence-corrected chi connectivity index (χ3v) is 5.66. The molecule has 26 heavy (non-hydrogen) atoms. The van der Waals surface area contributed by atoms with Crippen molar-refractivity contribution in [2.24, 2.45) is 0 Å². The van der Waals surface area contributed by atoms with Crippen molar-refractivity contribution in [2.45, 2.75) is 51.1 Å². The highest BCUT2D eigenvalue weighted by atomic mass is 16.2. The van der Waals surface area contributed by atoms with Gasteiger partial charge in [0.1, 0.15) is 5.69 Å². The largest absolute Gasteiger partial charge is 0.336 e. The highest BCUT2D eigenvalue weighted by molar-refractivity contribution is 5.92. The number of carbonyl (C=O) groups is 1. The van der Waals surface area contributed by atoms with Gasteiger partial charge in [-0.15, -0.1) is 0 Å². The summed E-state index contributed by atoms with van der Waals surface area (Å²) in [6.45, 7) is 4.49. The summed E-state index contributed by atoms with van der Waals surface area (Å²) in [4.78, 5) is 21.6. The first-order valence-corrected chi connectivity index (χ1v) is 9.57. The summed E-state index contributed by atoms with van der Waals surface area (Å²) in [6, 6.07) is 6.38. The Morgan fingerprint density at radius 1 is 1.38 bits per heavy atom. The molecule has 0 radical (unpaired) electrons. The lowest BCUT2D eigenvalue weighted by Crippen LogP contribution is -2.48. The van der Waals surface area contributed by atoms with Gasteiger partial charge in [0.15, 0.2) is 0 Å². The number of hydrogen-bond acceptors (Lipinski definition) is 4. The maximum absolute atomic E-state index is 12.8. The minimum absolute atomic E-state index is 0.0558. The molecule has 138 valence electrons. The van der Waals surface area contributed by atoms with Crippen LogP contribution in [-0.4, -0.2) is 57.1 Å². The minimum Gasteiger partial charge on any atom is -0.336 e. The highest BCUT2D eigenvalue weighted by Gasteiger charge is 2.30. The normalized spacial score (nSPS) is 20.6. The summed E-state index contributed by atoms with van der Waals surface area (Å²) < 4.78 is 0. The van der Waals surface area contributed by atoms with Gasteiger partial charge < -0.3 is 4.90 Å². The third kappa shape index (κ3) is 3.65. The maximum atomic E-state index is 12.8. The number of rotatable bonds is 5. The molecular formula is C20H27N5O. The second-order valence-electron chi connectivity index (χ2n) is 7.71. The van der Waals surface area contributed by atoms with Crippen LogP contribution >= 0.6 is 0 Å². The second kappa shape index (κ2) is 7.19. The van der Waals surface area contributed by atoms with E-state index >= 15 is 0 Å². The number of likely N-dealkylation sites (tertiary alicyclic amines) is 1. The molecule has 1 N–H and O–H groups in total. The van der Waals surface area contributed by atoms with E-state index in [1.165, 1.54) is 18.4 Å². The Kier molecular flexibility index (Phi) is 4.76. The lowest BCUT2D eigenvalue weighted by molar-refractivity contribution is 0.0595. The summed E-state index contributed by atoms with van der Waals surface area (Å²) in [5.74, 6) is 0.645. The van der Waals surface area contributed by atoms with Crippen LogP contribution in [-0.2, 0) is 6.54 Å². The van der Waals surface area contributed by atoms with Crippen molar-refractivity contribution in [3.05, 3.63) is 47.0 Å². The Morgan fingerprint density at radius 2 is 2.23 bits per heavy atom. The summed E-state index contributed by atoms with van der Waals surface area (Å²) >= 11 is 0. The third-order valence-electron chi connectivity index (χ3n) is 5.66. The Balaban J connectivity index is 1.39. The molecule has 3 heterocycles. The zero-order valence-electron chi connectivity index (χ0n) is 15.6. The molecule has 6 nitrogen and oxygen atoms in total. The quantitative estimate of drug-likeness (QED) is 0.898. The smallest absolute Gasteiger partial charge is 0.274 e. The number of H-pyrrole nitrogens is 1. The van der Waals surface area contributed by atoms with Gasteiger partial charge in [0, 0.05) is 43.5 Å². The average molecular weight is 353 g/mol. The molecule has 6 heteroatoms. The van der Waals surface area contributed by atoms with Gasteiger partial charge in [-0.2, -0.15) is 5.10 Å². The fraction of sp³-hybridized carbons (Fsp3) is 0.550. The van der Waals surface area contributed by atoms with Gasteiger partial charge in [-0.1, -0.05) is 6.07 Å². The number of nitrogens with zero attached hydrogens (tertiary/aromatic N) is 4. The van der Waals surface area contributed by atoms with Crippen LogP contribution in [0, 0.1) is 6.92 Å². The number of pyridine rings is 1. The van der Waals surface area contributed by atoms with E-state index in [-0.39, 0.29) is 5.91 Å². The highest BCUT2D eigenvalue weighted by Crippen LogP contribution is 2.39. The predicted molar refractivity (Wildman–Crippen MR) is 99.9 cm³/mol. The molecule has 1 amide bonds. The van der Waals surface area contributed by atoms with Crippen molar-refractivity contribution in [2.75, 3.05) is 20.1 Å². The molecule has 2 aromatic heterocycles. The lowest BCUT2D eigenvalue weighted by Gasteiger charge is -2.37. The van der Waals surface area contributed by atoms with E-state index in [0.29, 0.717) is 17.7 Å². The number of aryl methyl sites for hydroxylation is 1. The van der Waals surface area contributed by atoms with Gasteiger partial charge in [-0.05, 0) is 57.4 Å². The lowest BCUT2D eigenvalue weighted by atomic mass is 10.0. The zero-order valence-corrected chi connectivity index (χ0v) is 15.6. The van der Waals surface area contributed by atoms with Crippen molar-refractivity contribution in [3.8, 4) is 0 Å². The summed E-state index contributed by atoms with van der Waals surface area (Å²) in [6.07, 6.45) is 6.41. The molecule has 0 bridgehead atoms. The van der Waals surface area contributed by atoms with Gasteiger partial charge in [0.25, 0.3) is 5.91 Å². The van der Waals surface area contributed by atoms with E-state index in [9.17, 15) is 4.79 Å². The average Bonchev–Trinajstić information content (AvgIpc) is 3.40. The van der Waals surface area contributed by atoms with Crippen LogP contribution in [0.1, 0.15) is 59.0 Å². The number of aromatic amines is 1. The Hall–Kier alpha value is -2.21. The molecule has 2 aliphatic rings. The first-order valence-electron chi connectivity index (χ1n) is 9.57. The van der Waals surface area contributed by atoms with Crippen molar-refractivity contribution >= 4 is 5.91 Å². The molecule has 1 unspecified atom stereocenters. The molecule has 4 rings (SSSR count). The van der Waals surface area contributed by atoms with Crippen molar-refractivity contribution in [1.82, 2.24) is 25.0 Å². The SMILES string of the molecule is Cc1cccnc1CN(C)C1CCCN(C(=O)c2cc(C3CC3)[nH]n2)C1. The molecule has 1 atom stereocenters. The van der Waals surface area contributed by atoms with E-state index < -0.39 is 0 Å². The summed E-state index contributed by atoms with van der Waals surface area (Å²) in [7, 11) is 2.13. The maximum Gasteiger partial charge on any atom is 0.274 e. The number of aromatic nitrogens is 3. The van der Waals surface area contributed by atoms with Gasteiger partial charge in [0.05, 0.1) is 5.69 Å². The van der Waals surface area contributed by atoms with Crippen LogP contribution < -0.4 is 0 Å². The fourth-order valence-electron chi connectivity index (χ4n) is 3.76. The molecule has 2 aromatic rings. The molecule has 0 spiro atoms. The summed E-state index contributed by atoms with van der Waals surface area (Å²) in [5, 5.41) is 7.31. The fourth-order valence-corrected chi connectivity index (χ4v) is 3.76. The molecular weight excluding hydrogens is 326 g/mol. The number of nitrogens with one attached hydrogen (secondary N) is 1. The van der Waals surface area contributed by atoms with E-state index in [0.717, 1.165) is 43.9 Å². The zero-order chi connectivity index (χ0) is 18.1. The van der Waals surface area contributed by atoms with Crippen LogP contribution in [0.5, 0.6) is 0 Å². The van der Waals surface area contributed by atoms with Gasteiger partial charge >= 0.3 is 0 Å². The molecule has 1 aliphatic carbocycles. The van der Waals surface area contributed by atoms with Gasteiger partial charge in [-0.3, -0.25) is 19.8 Å². The standard InChI is InChI=1S/C20H27N5O/c1-14-5-3-9-21-19(14)13-24(2)16-6-4-10-25(12-16)20(26)18-11-17(22-23-18)15-7-8-15/h3,5,9,11,15-16H,4,6-8,10,12-13H2,1-2H3,(H,22,23). The number of hydrogen-bond donors (Lipinski definition) is 1. The second-order valence-corrected chi connectivity index (χ2v) is 7.71. The van der Waals surface area contributed by atoms with Crippen molar-refractivity contribution < 1.29 is 4.79 Å². The van der Waals surface area contributed by atoms with E-state index in [1.54, 1.807) is 0 Å². The van der Waals surface area contributed by atoms with Crippen molar-refractivity contribution in [1.29, 1.82) is 0 Å². The first-order chi connectivity index (χ1) is 12.6. The number of piperidine rings is 1. The summed E-state index contributed by atoms with van der Waals surface area (Å²) in [5.41, 5.74) is 4.01. The van der Waals surface area contributed by atoms with E-state index in [1.807, 2.05) is 23.2 Å². The van der Waals surface area contributed by atoms with Gasteiger partial charge in [-0.25, -0.2) is 0 Å². The molecule has 1 aliphatic heterocycles. The molecule has 0 aromatic carbocycles. The Morgan fingerprint density at radius 3 is 3.00 bits per heavy atom. The van der Waals surface area contributed by atoms with Crippen molar-refractivity contribution in [3.63, 3.8) is 0 Å². The molecule has 1 saturated heterocycles. The van der Waals surface area contributed by atoms with Gasteiger partial charge in [0.2, 0.25) is 0 Å². The number of likely N-dealkylation sites (N-methyl/N-ethyl adjacent to an activating group) is 1. The molecule has 2 fully saturated rings. The minimum atomic E-state index is 0.0558. The van der Waals surface area contributed by atoms with E-state index in [4.69, 9.17) is 0 Å². The van der Waals surface area contributed by atoms with E-state index in [2.05, 4.69) is 40.1 Å². The van der Waals surface area contributed by atoms with Crippen LogP contribution in [0.4, 0.5) is 0 Å². The van der Waals surface area contributed by atoms with Crippen LogP contribution in [0.15, 0.2) is 24.4 Å². The molecule has 1 saturated carbocycles. The number of amides is 1. The van der Waals surface area contributed by atoms with Crippen LogP contribution in [0.25, 0.3) is 0 Å². The van der Waals surface area contributed by atoms with Crippen LogP contribution in [0.3, 0.4) is 0 Å². The van der Waals surface area contributed by atoms with Crippen LogP contribution in [0.2, 0.25) is 0 Å². The number of carbonyl (C=O) groups excluding carboxylic acids is 1. The topological polar surface area (TPSA) is 65.1 Å². The predicted octanol–water partition coefficient (Wildman–Crippen LogP) is 2.73. The Labute approximate surface area is 154 Å². The first kappa shape index (κ1) is 17.2. The Bertz CT molecular complexity index is 782. The monoisotopic (exact) mass is 353 g/mol.